The number of para-hydroxylation sites is 1. The van der Waals surface area contributed by atoms with Gasteiger partial charge in [-0.25, -0.2) is 14.8 Å². The minimum atomic E-state index is -0.633. The van der Waals surface area contributed by atoms with Crippen LogP contribution in [0.2, 0.25) is 0 Å². The predicted octanol–water partition coefficient (Wildman–Crippen LogP) is 1.02. The third kappa shape index (κ3) is 2.45. The van der Waals surface area contributed by atoms with Crippen molar-refractivity contribution in [3.8, 4) is 0 Å². The lowest BCUT2D eigenvalue weighted by Gasteiger charge is -2.09. The number of aromatic nitrogens is 4. The standard InChI is InChI=1S/C17H11N5O3/c23-15-11-6-2-1-5-10(11)14(19-20-15)16(24)21-22-9-18-13-8-4-3-7-12(13)17(22)25/h1-9H,(H,20,23)(H,21,24). The first-order chi connectivity index (χ1) is 12.1. The van der Waals surface area contributed by atoms with Crippen LogP contribution in [0.5, 0.6) is 0 Å². The van der Waals surface area contributed by atoms with Gasteiger partial charge in [0, 0.05) is 5.39 Å². The zero-order chi connectivity index (χ0) is 17.4. The molecule has 1 amide bonds. The molecule has 0 bridgehead atoms. The van der Waals surface area contributed by atoms with E-state index in [-0.39, 0.29) is 5.69 Å². The maximum Gasteiger partial charge on any atom is 0.291 e. The highest BCUT2D eigenvalue weighted by Gasteiger charge is 2.15. The average Bonchev–Trinajstić information content (AvgIpc) is 2.65. The summed E-state index contributed by atoms with van der Waals surface area (Å²) in [6, 6.07) is 13.4. The Morgan fingerprint density at radius 2 is 1.64 bits per heavy atom. The Balaban J connectivity index is 1.79. The van der Waals surface area contributed by atoms with Gasteiger partial charge in [-0.15, -0.1) is 0 Å². The van der Waals surface area contributed by atoms with E-state index in [4.69, 9.17) is 0 Å². The molecular formula is C17H11N5O3. The number of H-pyrrole nitrogens is 1. The molecule has 4 aromatic rings. The fraction of sp³-hybridized carbons (Fsp3) is 0. The lowest BCUT2D eigenvalue weighted by atomic mass is 10.1. The molecule has 0 spiro atoms. The number of fused-ring (bicyclic) bond motifs is 2. The van der Waals surface area contributed by atoms with Crippen molar-refractivity contribution in [1.82, 2.24) is 19.9 Å². The SMILES string of the molecule is O=C(Nn1cnc2ccccc2c1=O)c1n[nH]c(=O)c2ccccc12. The van der Waals surface area contributed by atoms with Crippen LogP contribution in [0.25, 0.3) is 21.7 Å². The van der Waals surface area contributed by atoms with Gasteiger partial charge in [0.05, 0.1) is 16.3 Å². The molecule has 8 heteroatoms. The molecule has 0 aliphatic carbocycles. The lowest BCUT2D eigenvalue weighted by Crippen LogP contribution is -2.34. The van der Waals surface area contributed by atoms with Gasteiger partial charge in [0.25, 0.3) is 17.0 Å². The molecule has 0 radical (unpaired) electrons. The molecule has 0 saturated heterocycles. The van der Waals surface area contributed by atoms with Crippen LogP contribution in [0.4, 0.5) is 0 Å². The zero-order valence-electron chi connectivity index (χ0n) is 12.8. The van der Waals surface area contributed by atoms with Gasteiger partial charge in [-0.1, -0.05) is 30.3 Å². The van der Waals surface area contributed by atoms with Gasteiger partial charge in [-0.05, 0) is 18.2 Å². The van der Waals surface area contributed by atoms with Crippen LogP contribution < -0.4 is 16.5 Å². The molecule has 4 rings (SSSR count). The molecule has 0 aliphatic heterocycles. The van der Waals surface area contributed by atoms with E-state index in [9.17, 15) is 14.4 Å². The van der Waals surface area contributed by atoms with Crippen LogP contribution in [-0.2, 0) is 0 Å². The van der Waals surface area contributed by atoms with Gasteiger partial charge in [-0.2, -0.15) is 5.10 Å². The van der Waals surface area contributed by atoms with E-state index in [1.807, 2.05) is 0 Å². The summed E-state index contributed by atoms with van der Waals surface area (Å²) in [5, 5.41) is 7.21. The first kappa shape index (κ1) is 14.8. The van der Waals surface area contributed by atoms with Crippen molar-refractivity contribution in [2.45, 2.75) is 0 Å². The smallest absolute Gasteiger partial charge is 0.267 e. The fourth-order valence-electron chi connectivity index (χ4n) is 2.60. The van der Waals surface area contributed by atoms with E-state index in [0.29, 0.717) is 21.7 Å². The normalized spacial score (nSPS) is 10.9. The molecule has 2 heterocycles. The number of hydrogen-bond donors (Lipinski definition) is 2. The third-order valence-electron chi connectivity index (χ3n) is 3.80. The summed E-state index contributed by atoms with van der Waals surface area (Å²) in [4.78, 5) is 40.9. The Morgan fingerprint density at radius 1 is 0.960 bits per heavy atom. The van der Waals surface area contributed by atoms with Gasteiger partial charge in [0.1, 0.15) is 6.33 Å². The number of carbonyl (C=O) groups excluding carboxylic acids is 1. The monoisotopic (exact) mass is 333 g/mol. The van der Waals surface area contributed by atoms with E-state index < -0.39 is 17.0 Å². The van der Waals surface area contributed by atoms with Crippen molar-refractivity contribution < 1.29 is 4.79 Å². The summed E-state index contributed by atoms with van der Waals surface area (Å²) in [7, 11) is 0. The van der Waals surface area contributed by atoms with E-state index in [1.54, 1.807) is 48.5 Å². The fourth-order valence-corrected chi connectivity index (χ4v) is 2.60. The van der Waals surface area contributed by atoms with Crippen LogP contribution in [0.1, 0.15) is 10.5 Å². The van der Waals surface area contributed by atoms with Crippen LogP contribution in [0, 0.1) is 0 Å². The first-order valence-corrected chi connectivity index (χ1v) is 7.40. The van der Waals surface area contributed by atoms with E-state index in [1.165, 1.54) is 6.33 Å². The van der Waals surface area contributed by atoms with Gasteiger partial charge < -0.3 is 0 Å². The predicted molar refractivity (Wildman–Crippen MR) is 92.1 cm³/mol. The number of nitrogens with zero attached hydrogens (tertiary/aromatic N) is 3. The van der Waals surface area contributed by atoms with Crippen molar-refractivity contribution >= 4 is 27.6 Å². The molecule has 0 atom stereocenters. The van der Waals surface area contributed by atoms with Crippen LogP contribution in [0.3, 0.4) is 0 Å². The maximum absolute atomic E-state index is 12.5. The molecule has 0 fully saturated rings. The summed E-state index contributed by atoms with van der Waals surface area (Å²) in [6.45, 7) is 0. The van der Waals surface area contributed by atoms with Crippen LogP contribution >= 0.6 is 0 Å². The van der Waals surface area contributed by atoms with Crippen LogP contribution in [-0.4, -0.2) is 25.8 Å². The number of aromatic amines is 1. The summed E-state index contributed by atoms with van der Waals surface area (Å²) in [5.41, 5.74) is 2.19. The van der Waals surface area contributed by atoms with Crippen molar-refractivity contribution in [2.75, 3.05) is 5.43 Å². The maximum atomic E-state index is 12.5. The molecule has 25 heavy (non-hydrogen) atoms. The topological polar surface area (TPSA) is 110 Å². The highest BCUT2D eigenvalue weighted by molar-refractivity contribution is 6.08. The number of carbonyl (C=O) groups is 1. The first-order valence-electron chi connectivity index (χ1n) is 7.40. The molecule has 0 aliphatic rings. The minimum absolute atomic E-state index is 0.00950. The third-order valence-corrected chi connectivity index (χ3v) is 3.80. The average molecular weight is 333 g/mol. The van der Waals surface area contributed by atoms with Gasteiger partial charge >= 0.3 is 0 Å². The Kier molecular flexibility index (Phi) is 3.35. The van der Waals surface area contributed by atoms with E-state index in [0.717, 1.165) is 4.68 Å². The zero-order valence-corrected chi connectivity index (χ0v) is 12.8. The van der Waals surface area contributed by atoms with E-state index in [2.05, 4.69) is 20.6 Å². The van der Waals surface area contributed by atoms with Gasteiger partial charge in [-0.3, -0.25) is 19.8 Å². The second-order valence-electron chi connectivity index (χ2n) is 5.32. The quantitative estimate of drug-likeness (QED) is 0.569. The summed E-state index contributed by atoms with van der Waals surface area (Å²) in [5.74, 6) is -0.633. The largest absolute Gasteiger partial charge is 0.291 e. The second kappa shape index (κ2) is 5.68. The number of nitrogens with one attached hydrogen (secondary N) is 2. The molecule has 2 aromatic carbocycles. The molecule has 2 aromatic heterocycles. The Bertz CT molecular complexity index is 1240. The lowest BCUT2D eigenvalue weighted by molar-refractivity contribution is 0.100. The van der Waals surface area contributed by atoms with Gasteiger partial charge in [0.15, 0.2) is 5.69 Å². The molecule has 0 saturated carbocycles. The number of benzene rings is 2. The highest BCUT2D eigenvalue weighted by atomic mass is 16.2. The van der Waals surface area contributed by atoms with Crippen molar-refractivity contribution in [3.63, 3.8) is 0 Å². The molecule has 0 unspecified atom stereocenters. The Labute approximate surface area is 139 Å². The molecule has 8 nitrogen and oxygen atoms in total. The van der Waals surface area contributed by atoms with E-state index >= 15 is 0 Å². The highest BCUT2D eigenvalue weighted by Crippen LogP contribution is 2.12. The van der Waals surface area contributed by atoms with Crippen molar-refractivity contribution in [2.24, 2.45) is 0 Å². The van der Waals surface area contributed by atoms with Crippen molar-refractivity contribution in [1.29, 1.82) is 0 Å². The molecule has 122 valence electrons. The van der Waals surface area contributed by atoms with Crippen LogP contribution in [0.15, 0.2) is 64.4 Å². The van der Waals surface area contributed by atoms with Gasteiger partial charge in [0.2, 0.25) is 0 Å². The second-order valence-corrected chi connectivity index (χ2v) is 5.32. The Morgan fingerprint density at radius 3 is 2.44 bits per heavy atom. The minimum Gasteiger partial charge on any atom is -0.267 e. The molecular weight excluding hydrogens is 322 g/mol. The number of rotatable bonds is 2. The Hall–Kier alpha value is -3.81. The number of amides is 1. The van der Waals surface area contributed by atoms with Crippen molar-refractivity contribution in [3.05, 3.63) is 81.3 Å². The molecule has 2 N–H and O–H groups in total. The summed E-state index contributed by atoms with van der Waals surface area (Å²) in [6.07, 6.45) is 1.23. The summed E-state index contributed by atoms with van der Waals surface area (Å²) >= 11 is 0. The summed E-state index contributed by atoms with van der Waals surface area (Å²) < 4.78 is 0.992. The number of hydrogen-bond acceptors (Lipinski definition) is 5.